The number of carbonyl (C=O) groups is 1. The summed E-state index contributed by atoms with van der Waals surface area (Å²) < 4.78 is 10.9. The Kier molecular flexibility index (Phi) is 6.17. The van der Waals surface area contributed by atoms with Crippen molar-refractivity contribution in [1.82, 2.24) is 5.32 Å². The molecule has 1 fully saturated rings. The van der Waals surface area contributed by atoms with Crippen LogP contribution in [0.2, 0.25) is 0 Å². The molecule has 1 aromatic carbocycles. The van der Waals surface area contributed by atoms with Crippen LogP contribution in [0.25, 0.3) is 0 Å². The van der Waals surface area contributed by atoms with Crippen molar-refractivity contribution in [2.45, 2.75) is 39.0 Å². The van der Waals surface area contributed by atoms with Gasteiger partial charge in [0.05, 0.1) is 25.9 Å². The Morgan fingerprint density at radius 2 is 2.19 bits per heavy atom. The Balaban J connectivity index is 1.77. The Hall–Kier alpha value is -1.43. The van der Waals surface area contributed by atoms with E-state index in [0.717, 1.165) is 24.4 Å². The molecular weight excluding hydrogens is 268 g/mol. The summed E-state index contributed by atoms with van der Waals surface area (Å²) in [7, 11) is 0. The number of hydrogen-bond donors (Lipinski definition) is 2. The molecule has 5 heteroatoms. The number of carbonyl (C=O) groups excluding carboxylic acids is 1. The van der Waals surface area contributed by atoms with E-state index in [1.807, 2.05) is 38.1 Å². The number of hydrogen-bond acceptors (Lipinski definition) is 4. The fraction of sp³-hybridized carbons (Fsp3) is 0.562. The molecule has 5 nitrogen and oxygen atoms in total. The third kappa shape index (κ3) is 5.83. The minimum absolute atomic E-state index is 0.00387. The zero-order valence-corrected chi connectivity index (χ0v) is 12.7. The predicted molar refractivity (Wildman–Crippen MR) is 82.2 cm³/mol. The molecule has 1 heterocycles. The molecule has 1 aliphatic heterocycles. The molecular formula is C16H24N2O3. The van der Waals surface area contributed by atoms with Crippen molar-refractivity contribution < 1.29 is 14.3 Å². The molecule has 1 aromatic rings. The molecule has 0 bridgehead atoms. The van der Waals surface area contributed by atoms with E-state index in [1.54, 1.807) is 0 Å². The van der Waals surface area contributed by atoms with Gasteiger partial charge in [-0.15, -0.1) is 0 Å². The van der Waals surface area contributed by atoms with E-state index in [4.69, 9.17) is 9.47 Å². The average molecular weight is 292 g/mol. The van der Waals surface area contributed by atoms with Crippen LogP contribution in [0.5, 0.6) is 0 Å². The summed E-state index contributed by atoms with van der Waals surface area (Å²) in [6.45, 7) is 6.74. The van der Waals surface area contributed by atoms with Crippen molar-refractivity contribution >= 4 is 11.6 Å². The Bertz CT molecular complexity index is 439. The van der Waals surface area contributed by atoms with Gasteiger partial charge in [0.15, 0.2) is 0 Å². The summed E-state index contributed by atoms with van der Waals surface area (Å²) in [6, 6.07) is 7.86. The molecule has 116 valence electrons. The van der Waals surface area contributed by atoms with Gasteiger partial charge < -0.3 is 20.1 Å². The van der Waals surface area contributed by atoms with E-state index in [1.165, 1.54) is 0 Å². The highest BCUT2D eigenvalue weighted by Crippen LogP contribution is 2.12. The lowest BCUT2D eigenvalue weighted by Gasteiger charge is -2.23. The number of benzene rings is 1. The first kappa shape index (κ1) is 15.9. The zero-order chi connectivity index (χ0) is 15.1. The predicted octanol–water partition coefficient (Wildman–Crippen LogP) is 1.93. The molecule has 0 aliphatic carbocycles. The van der Waals surface area contributed by atoms with E-state index < -0.39 is 0 Å². The Morgan fingerprint density at radius 1 is 1.43 bits per heavy atom. The quantitative estimate of drug-likeness (QED) is 0.841. The molecule has 0 spiro atoms. The van der Waals surface area contributed by atoms with Crippen molar-refractivity contribution in [1.29, 1.82) is 0 Å². The second-order valence-electron chi connectivity index (χ2n) is 5.53. The number of amides is 1. The third-order valence-electron chi connectivity index (χ3n) is 3.25. The highest BCUT2D eigenvalue weighted by atomic mass is 16.5. The van der Waals surface area contributed by atoms with Gasteiger partial charge in [-0.3, -0.25) is 4.79 Å². The molecule has 1 atom stereocenters. The van der Waals surface area contributed by atoms with Crippen molar-refractivity contribution in [3.8, 4) is 0 Å². The van der Waals surface area contributed by atoms with E-state index in [0.29, 0.717) is 19.6 Å². The lowest BCUT2D eigenvalue weighted by molar-refractivity contribution is -0.117. The van der Waals surface area contributed by atoms with Crippen LogP contribution in [-0.2, 0) is 20.9 Å². The number of anilines is 1. The van der Waals surface area contributed by atoms with Crippen LogP contribution < -0.4 is 10.6 Å². The van der Waals surface area contributed by atoms with E-state index in [-0.39, 0.29) is 18.1 Å². The minimum Gasteiger partial charge on any atom is -0.378 e. The number of morpholine rings is 1. The molecule has 0 saturated carbocycles. The normalized spacial score (nSPS) is 18.7. The second kappa shape index (κ2) is 8.12. The fourth-order valence-corrected chi connectivity index (χ4v) is 2.13. The van der Waals surface area contributed by atoms with Crippen molar-refractivity contribution in [2.24, 2.45) is 0 Å². The van der Waals surface area contributed by atoms with E-state index in [9.17, 15) is 4.79 Å². The molecule has 0 radical (unpaired) electrons. The van der Waals surface area contributed by atoms with Crippen LogP contribution in [0.15, 0.2) is 24.3 Å². The van der Waals surface area contributed by atoms with Gasteiger partial charge in [-0.25, -0.2) is 0 Å². The maximum Gasteiger partial charge on any atom is 0.226 e. The van der Waals surface area contributed by atoms with Gasteiger partial charge in [-0.2, -0.15) is 0 Å². The van der Waals surface area contributed by atoms with Crippen LogP contribution in [-0.4, -0.2) is 37.8 Å². The van der Waals surface area contributed by atoms with E-state index in [2.05, 4.69) is 10.6 Å². The number of nitrogens with one attached hydrogen (secondary N) is 2. The van der Waals surface area contributed by atoms with Crippen LogP contribution >= 0.6 is 0 Å². The largest absolute Gasteiger partial charge is 0.378 e. The second-order valence-corrected chi connectivity index (χ2v) is 5.53. The molecule has 1 aliphatic rings. The lowest BCUT2D eigenvalue weighted by atomic mass is 10.1. The molecule has 1 amide bonds. The zero-order valence-electron chi connectivity index (χ0n) is 12.7. The van der Waals surface area contributed by atoms with Crippen molar-refractivity contribution in [3.63, 3.8) is 0 Å². The lowest BCUT2D eigenvalue weighted by Crippen LogP contribution is -2.43. The van der Waals surface area contributed by atoms with Gasteiger partial charge in [-0.05, 0) is 31.5 Å². The number of ether oxygens (including phenoxy) is 2. The van der Waals surface area contributed by atoms with Gasteiger partial charge in [0.1, 0.15) is 0 Å². The standard InChI is InChI=1S/C16H24N2O3/c1-12(2)21-10-13-3-5-14(6-4-13)18-16(19)9-15-11-20-8-7-17-15/h3-6,12,15,17H,7-11H2,1-2H3,(H,18,19). The van der Waals surface area contributed by atoms with Gasteiger partial charge in [0.25, 0.3) is 0 Å². The summed E-state index contributed by atoms with van der Waals surface area (Å²) >= 11 is 0. The minimum atomic E-state index is 0.00387. The van der Waals surface area contributed by atoms with Crippen molar-refractivity contribution in [2.75, 3.05) is 25.1 Å². The van der Waals surface area contributed by atoms with Crippen LogP contribution in [0, 0.1) is 0 Å². The maximum atomic E-state index is 11.9. The van der Waals surface area contributed by atoms with Gasteiger partial charge in [0, 0.05) is 24.7 Å². The maximum absolute atomic E-state index is 11.9. The SMILES string of the molecule is CC(C)OCc1ccc(NC(=O)CC2COCCN2)cc1. The van der Waals surface area contributed by atoms with Gasteiger partial charge in [-0.1, -0.05) is 12.1 Å². The molecule has 21 heavy (non-hydrogen) atoms. The summed E-state index contributed by atoms with van der Waals surface area (Å²) in [5.74, 6) is 0.00387. The Morgan fingerprint density at radius 3 is 2.81 bits per heavy atom. The Labute approximate surface area is 126 Å². The highest BCUT2D eigenvalue weighted by Gasteiger charge is 2.16. The van der Waals surface area contributed by atoms with Crippen LogP contribution in [0.1, 0.15) is 25.8 Å². The first-order valence-corrected chi connectivity index (χ1v) is 7.45. The third-order valence-corrected chi connectivity index (χ3v) is 3.25. The first-order chi connectivity index (χ1) is 10.1. The molecule has 1 saturated heterocycles. The van der Waals surface area contributed by atoms with E-state index >= 15 is 0 Å². The van der Waals surface area contributed by atoms with Gasteiger partial charge in [0.2, 0.25) is 5.91 Å². The summed E-state index contributed by atoms with van der Waals surface area (Å²) in [5, 5.41) is 6.18. The summed E-state index contributed by atoms with van der Waals surface area (Å²) in [4.78, 5) is 11.9. The summed E-state index contributed by atoms with van der Waals surface area (Å²) in [5.41, 5.74) is 1.91. The van der Waals surface area contributed by atoms with Gasteiger partial charge >= 0.3 is 0 Å². The van der Waals surface area contributed by atoms with Crippen molar-refractivity contribution in [3.05, 3.63) is 29.8 Å². The molecule has 1 unspecified atom stereocenters. The topological polar surface area (TPSA) is 59.6 Å². The smallest absolute Gasteiger partial charge is 0.226 e. The average Bonchev–Trinajstić information content (AvgIpc) is 2.47. The van der Waals surface area contributed by atoms with Crippen LogP contribution in [0.3, 0.4) is 0 Å². The number of rotatable bonds is 6. The first-order valence-electron chi connectivity index (χ1n) is 7.45. The fourth-order valence-electron chi connectivity index (χ4n) is 2.13. The van der Waals surface area contributed by atoms with Crippen LogP contribution in [0.4, 0.5) is 5.69 Å². The molecule has 2 N–H and O–H groups in total. The monoisotopic (exact) mass is 292 g/mol. The summed E-state index contributed by atoms with van der Waals surface area (Å²) in [6.07, 6.45) is 0.646. The molecule has 0 aromatic heterocycles. The molecule has 2 rings (SSSR count). The highest BCUT2D eigenvalue weighted by molar-refractivity contribution is 5.91.